The highest BCUT2D eigenvalue weighted by molar-refractivity contribution is 7.99. The summed E-state index contributed by atoms with van der Waals surface area (Å²) < 4.78 is 1.57. The molecule has 6 nitrogen and oxygen atoms in total. The zero-order valence-corrected chi connectivity index (χ0v) is 15.8. The monoisotopic (exact) mass is 368 g/mol. The van der Waals surface area contributed by atoms with Gasteiger partial charge in [-0.25, -0.2) is 9.97 Å². The Morgan fingerprint density at radius 3 is 2.81 bits per heavy atom. The smallest absolute Gasteiger partial charge is 0.263 e. The summed E-state index contributed by atoms with van der Waals surface area (Å²) in [5.74, 6) is 0.0259. The summed E-state index contributed by atoms with van der Waals surface area (Å²) in [5, 5.41) is 3.89. The third-order valence-electron chi connectivity index (χ3n) is 4.00. The van der Waals surface area contributed by atoms with Gasteiger partial charge in [0.15, 0.2) is 10.8 Å². The van der Waals surface area contributed by atoms with E-state index in [9.17, 15) is 9.59 Å². The first-order valence-corrected chi connectivity index (χ1v) is 9.33. The molecule has 0 unspecified atom stereocenters. The number of hydrogen-bond donors (Lipinski definition) is 1. The number of rotatable bonds is 5. The van der Waals surface area contributed by atoms with Crippen LogP contribution in [0.4, 0.5) is 5.69 Å². The van der Waals surface area contributed by atoms with Crippen molar-refractivity contribution in [2.45, 2.75) is 32.5 Å². The molecule has 3 rings (SSSR count). The Labute approximate surface area is 155 Å². The van der Waals surface area contributed by atoms with Gasteiger partial charge in [0.05, 0.1) is 11.1 Å². The summed E-state index contributed by atoms with van der Waals surface area (Å²) in [5.41, 5.74) is 3.22. The van der Waals surface area contributed by atoms with E-state index in [0.717, 1.165) is 16.8 Å². The Balaban J connectivity index is 1.78. The molecule has 3 aromatic rings. The molecule has 134 valence electrons. The van der Waals surface area contributed by atoms with Gasteiger partial charge in [0.25, 0.3) is 5.56 Å². The van der Waals surface area contributed by atoms with E-state index in [1.165, 1.54) is 11.8 Å². The predicted octanol–water partition coefficient (Wildman–Crippen LogP) is 3.16. The lowest BCUT2D eigenvalue weighted by atomic mass is 10.1. The van der Waals surface area contributed by atoms with Crippen LogP contribution < -0.4 is 10.9 Å². The van der Waals surface area contributed by atoms with Crippen LogP contribution in [0.15, 0.2) is 46.5 Å². The molecule has 0 aliphatic carbocycles. The summed E-state index contributed by atoms with van der Waals surface area (Å²) in [6.07, 6.45) is 1.60. The lowest BCUT2D eigenvalue weighted by Gasteiger charge is -2.11. The highest BCUT2D eigenvalue weighted by Gasteiger charge is 2.13. The van der Waals surface area contributed by atoms with Crippen molar-refractivity contribution in [2.24, 2.45) is 0 Å². The zero-order valence-electron chi connectivity index (χ0n) is 14.9. The van der Waals surface area contributed by atoms with Gasteiger partial charge >= 0.3 is 0 Å². The highest BCUT2D eigenvalue weighted by atomic mass is 32.2. The minimum atomic E-state index is -0.139. The van der Waals surface area contributed by atoms with Gasteiger partial charge in [-0.1, -0.05) is 29.5 Å². The zero-order chi connectivity index (χ0) is 18.7. The van der Waals surface area contributed by atoms with Gasteiger partial charge in [-0.3, -0.25) is 14.2 Å². The standard InChI is InChI=1S/C19H20N4O2S/c1-4-23-18(25)14-6-5-9-20-17(14)22-19(23)26-11-16(24)21-15-8-7-12(2)10-13(15)3/h5-10H,4,11H2,1-3H3,(H,21,24). The number of nitrogens with zero attached hydrogens (tertiary/aromatic N) is 3. The molecule has 0 radical (unpaired) electrons. The van der Waals surface area contributed by atoms with Crippen molar-refractivity contribution in [3.63, 3.8) is 0 Å². The molecule has 26 heavy (non-hydrogen) atoms. The van der Waals surface area contributed by atoms with E-state index in [4.69, 9.17) is 0 Å². The number of amides is 1. The fourth-order valence-corrected chi connectivity index (χ4v) is 3.55. The topological polar surface area (TPSA) is 76.9 Å². The quantitative estimate of drug-likeness (QED) is 0.553. The Kier molecular flexibility index (Phi) is 5.37. The second kappa shape index (κ2) is 7.70. The summed E-state index contributed by atoms with van der Waals surface area (Å²) in [6, 6.07) is 9.31. The van der Waals surface area contributed by atoms with Crippen LogP contribution in [0.25, 0.3) is 11.0 Å². The van der Waals surface area contributed by atoms with Gasteiger partial charge in [0.1, 0.15) is 0 Å². The van der Waals surface area contributed by atoms with E-state index in [2.05, 4.69) is 15.3 Å². The van der Waals surface area contributed by atoms with E-state index >= 15 is 0 Å². The third kappa shape index (κ3) is 3.77. The lowest BCUT2D eigenvalue weighted by Crippen LogP contribution is -2.24. The minimum absolute atomic E-state index is 0.136. The van der Waals surface area contributed by atoms with E-state index in [1.807, 2.05) is 39.0 Å². The largest absolute Gasteiger partial charge is 0.325 e. The van der Waals surface area contributed by atoms with E-state index in [0.29, 0.717) is 22.7 Å². The number of anilines is 1. The Bertz CT molecular complexity index is 1030. The molecule has 2 heterocycles. The first-order chi connectivity index (χ1) is 12.5. The molecule has 0 fully saturated rings. The maximum atomic E-state index is 12.6. The molecular weight excluding hydrogens is 348 g/mol. The van der Waals surface area contributed by atoms with Crippen LogP contribution in [-0.2, 0) is 11.3 Å². The van der Waals surface area contributed by atoms with Crippen molar-refractivity contribution < 1.29 is 4.79 Å². The van der Waals surface area contributed by atoms with E-state index in [-0.39, 0.29) is 17.2 Å². The van der Waals surface area contributed by atoms with Crippen LogP contribution in [0, 0.1) is 13.8 Å². The molecule has 0 saturated carbocycles. The molecule has 2 aromatic heterocycles. The number of pyridine rings is 1. The number of hydrogen-bond acceptors (Lipinski definition) is 5. The lowest BCUT2D eigenvalue weighted by molar-refractivity contribution is -0.113. The fraction of sp³-hybridized carbons (Fsp3) is 0.263. The van der Waals surface area contributed by atoms with Crippen molar-refractivity contribution in [3.05, 3.63) is 58.0 Å². The summed E-state index contributed by atoms with van der Waals surface area (Å²) in [7, 11) is 0. The minimum Gasteiger partial charge on any atom is -0.325 e. The van der Waals surface area contributed by atoms with Gasteiger partial charge in [0, 0.05) is 18.4 Å². The fourth-order valence-electron chi connectivity index (χ4n) is 2.70. The van der Waals surface area contributed by atoms with Crippen LogP contribution in [0.3, 0.4) is 0 Å². The van der Waals surface area contributed by atoms with Gasteiger partial charge in [-0.2, -0.15) is 0 Å². The molecule has 0 spiro atoms. The number of fused-ring (bicyclic) bond motifs is 1. The van der Waals surface area contributed by atoms with Crippen molar-refractivity contribution >= 4 is 34.4 Å². The number of benzene rings is 1. The average molecular weight is 368 g/mol. The normalized spacial score (nSPS) is 10.9. The van der Waals surface area contributed by atoms with Gasteiger partial charge < -0.3 is 5.32 Å². The summed E-state index contributed by atoms with van der Waals surface area (Å²) in [6.45, 7) is 6.34. The molecule has 1 N–H and O–H groups in total. The number of carbonyl (C=O) groups excluding carboxylic acids is 1. The summed E-state index contributed by atoms with van der Waals surface area (Å²) >= 11 is 1.24. The van der Waals surface area contributed by atoms with Crippen molar-refractivity contribution in [1.29, 1.82) is 0 Å². The average Bonchev–Trinajstić information content (AvgIpc) is 2.62. The van der Waals surface area contributed by atoms with E-state index in [1.54, 1.807) is 22.9 Å². The second-order valence-corrected chi connectivity index (χ2v) is 6.92. The van der Waals surface area contributed by atoms with Crippen molar-refractivity contribution in [3.8, 4) is 0 Å². The molecule has 1 amide bonds. The Morgan fingerprint density at radius 2 is 2.08 bits per heavy atom. The van der Waals surface area contributed by atoms with Crippen LogP contribution in [0.2, 0.25) is 0 Å². The van der Waals surface area contributed by atoms with Crippen molar-refractivity contribution in [1.82, 2.24) is 14.5 Å². The maximum Gasteiger partial charge on any atom is 0.263 e. The number of carbonyl (C=O) groups is 1. The molecule has 0 aliphatic heterocycles. The molecule has 0 aliphatic rings. The highest BCUT2D eigenvalue weighted by Crippen LogP contribution is 2.19. The molecule has 1 aromatic carbocycles. The number of thioether (sulfide) groups is 1. The molecule has 0 bridgehead atoms. The Hall–Kier alpha value is -2.67. The van der Waals surface area contributed by atoms with Gasteiger partial charge in [-0.05, 0) is 44.5 Å². The summed E-state index contributed by atoms with van der Waals surface area (Å²) in [4.78, 5) is 33.5. The van der Waals surface area contributed by atoms with Crippen LogP contribution >= 0.6 is 11.8 Å². The second-order valence-electron chi connectivity index (χ2n) is 5.97. The number of aryl methyl sites for hydroxylation is 2. The molecular formula is C19H20N4O2S. The maximum absolute atomic E-state index is 12.6. The van der Waals surface area contributed by atoms with Crippen LogP contribution in [-0.4, -0.2) is 26.2 Å². The van der Waals surface area contributed by atoms with Gasteiger partial charge in [0.2, 0.25) is 5.91 Å². The number of aromatic nitrogens is 3. The SMILES string of the molecule is CCn1c(SCC(=O)Nc2ccc(C)cc2C)nc2ncccc2c1=O. The first-order valence-electron chi connectivity index (χ1n) is 8.35. The van der Waals surface area contributed by atoms with Crippen molar-refractivity contribution in [2.75, 3.05) is 11.1 Å². The van der Waals surface area contributed by atoms with Gasteiger partial charge in [-0.15, -0.1) is 0 Å². The Morgan fingerprint density at radius 1 is 1.27 bits per heavy atom. The van der Waals surface area contributed by atoms with Crippen LogP contribution in [0.1, 0.15) is 18.1 Å². The molecule has 0 saturated heterocycles. The van der Waals surface area contributed by atoms with Crippen LogP contribution in [0.5, 0.6) is 0 Å². The first kappa shape index (κ1) is 18.1. The van der Waals surface area contributed by atoms with E-state index < -0.39 is 0 Å². The third-order valence-corrected chi connectivity index (χ3v) is 4.98. The molecule has 7 heteroatoms. The predicted molar refractivity (Wildman–Crippen MR) is 105 cm³/mol. The molecule has 0 atom stereocenters. The number of nitrogens with one attached hydrogen (secondary N) is 1.